The summed E-state index contributed by atoms with van der Waals surface area (Å²) in [5.74, 6) is 0. The van der Waals surface area contributed by atoms with Crippen LogP contribution in [0.1, 0.15) is 27.2 Å². The summed E-state index contributed by atoms with van der Waals surface area (Å²) in [6.45, 7) is 2.31. The maximum atomic E-state index is 8.97. The highest BCUT2D eigenvalue weighted by molar-refractivity contribution is 8.06. The van der Waals surface area contributed by atoms with Gasteiger partial charge in [-0.25, -0.2) is 0 Å². The van der Waals surface area contributed by atoms with Crippen LogP contribution in [0.4, 0.5) is 0 Å². The Labute approximate surface area is 101 Å². The van der Waals surface area contributed by atoms with Crippen molar-refractivity contribution in [2.45, 2.75) is 51.6 Å². The third-order valence-electron chi connectivity index (χ3n) is 2.24. The Morgan fingerprint density at radius 3 is 2.62 bits per heavy atom. The smallest absolute Gasteiger partial charge is 0.321 e. The van der Waals surface area contributed by atoms with E-state index in [9.17, 15) is 0 Å². The van der Waals surface area contributed by atoms with Gasteiger partial charge in [0.05, 0.1) is 24.9 Å². The van der Waals surface area contributed by atoms with Gasteiger partial charge in [-0.1, -0.05) is 0 Å². The predicted octanol–water partition coefficient (Wildman–Crippen LogP) is 1.18. The van der Waals surface area contributed by atoms with Gasteiger partial charge in [0.1, 0.15) is 6.10 Å². The van der Waals surface area contributed by atoms with Gasteiger partial charge in [-0.2, -0.15) is 0 Å². The lowest BCUT2D eigenvalue weighted by atomic mass is 10.1. The lowest BCUT2D eigenvalue weighted by Crippen LogP contribution is -2.30. The van der Waals surface area contributed by atoms with E-state index in [0.29, 0.717) is 0 Å². The van der Waals surface area contributed by atoms with E-state index in [1.54, 1.807) is 0 Å². The highest BCUT2D eigenvalue weighted by Gasteiger charge is 2.35. The minimum atomic E-state index is -3.60. The third-order valence-corrected chi connectivity index (χ3v) is 3.04. The first-order valence-electron chi connectivity index (χ1n) is 5.29. The Bertz CT molecular complexity index is 267. The summed E-state index contributed by atoms with van der Waals surface area (Å²) in [5, 5.41) is 0. The van der Waals surface area contributed by atoms with Gasteiger partial charge in [-0.05, 0) is 32.6 Å². The van der Waals surface area contributed by atoms with Crippen molar-refractivity contribution in [3.05, 3.63) is 0 Å². The van der Waals surface area contributed by atoms with E-state index >= 15 is 0 Å². The molecular weight excluding hydrogens is 251 g/mol. The molecule has 1 rings (SSSR count). The Kier molecular flexibility index (Phi) is 5.32. The van der Waals surface area contributed by atoms with Crippen molar-refractivity contribution in [1.29, 1.82) is 0 Å². The molecule has 0 aromatic carbocycles. The number of hydrogen-bond acceptors (Lipinski definition) is 4. The minimum absolute atomic E-state index is 0.0615. The molecule has 0 unspecified atom stereocenters. The second-order valence-electron chi connectivity index (χ2n) is 4.23. The summed E-state index contributed by atoms with van der Waals surface area (Å²) in [5.41, 5.74) is 0. The summed E-state index contributed by atoms with van der Waals surface area (Å²) in [7, 11) is 0. The highest BCUT2D eigenvalue weighted by atomic mass is 32.5. The largest absolute Gasteiger partial charge is 0.373 e. The third kappa shape index (κ3) is 5.19. The maximum Gasteiger partial charge on any atom is 0.321 e. The van der Waals surface area contributed by atoms with Gasteiger partial charge in [0.2, 0.25) is 0 Å². The number of rotatable bonds is 5. The van der Waals surface area contributed by atoms with Crippen molar-refractivity contribution in [3.8, 4) is 0 Å². The zero-order chi connectivity index (χ0) is 12.3. The Hall–Kier alpha value is 0.450. The Balaban J connectivity index is 2.46. The zero-order valence-electron chi connectivity index (χ0n) is 9.70. The van der Waals surface area contributed by atoms with Crippen molar-refractivity contribution in [2.75, 3.05) is 6.61 Å². The Morgan fingerprint density at radius 1 is 1.50 bits per heavy atom. The topological polar surface area (TPSA) is 68.2 Å². The van der Waals surface area contributed by atoms with Crippen LogP contribution in [0, 0.1) is 0 Å². The van der Waals surface area contributed by atoms with Crippen molar-refractivity contribution < 1.29 is 23.8 Å². The van der Waals surface area contributed by atoms with E-state index in [1.807, 2.05) is 20.8 Å². The van der Waals surface area contributed by atoms with E-state index in [4.69, 9.17) is 23.8 Å². The summed E-state index contributed by atoms with van der Waals surface area (Å²) in [4.78, 5) is 17.9. The maximum absolute atomic E-state index is 8.97. The molecule has 5 nitrogen and oxygen atoms in total. The zero-order valence-corrected chi connectivity index (χ0v) is 11.4. The molecule has 3 atom stereocenters. The average molecular weight is 270 g/mol. The van der Waals surface area contributed by atoms with Crippen molar-refractivity contribution in [1.82, 2.24) is 0 Å². The molecule has 0 aromatic rings. The minimum Gasteiger partial charge on any atom is -0.373 e. The second-order valence-corrected chi connectivity index (χ2v) is 6.90. The van der Waals surface area contributed by atoms with E-state index in [0.717, 1.165) is 6.42 Å². The molecule has 1 fully saturated rings. The molecule has 0 amide bonds. The molecule has 0 aliphatic carbocycles. The first kappa shape index (κ1) is 14.5. The molecule has 7 heteroatoms. The first-order valence-corrected chi connectivity index (χ1v) is 7.91. The van der Waals surface area contributed by atoms with Gasteiger partial charge in [0, 0.05) is 6.42 Å². The summed E-state index contributed by atoms with van der Waals surface area (Å²) in [6, 6.07) is 0. The van der Waals surface area contributed by atoms with Crippen LogP contribution in [0.25, 0.3) is 0 Å². The van der Waals surface area contributed by atoms with E-state index in [2.05, 4.69) is 11.8 Å². The standard InChI is InChI=1S/C9H19O5PS/c1-6(2)13-8-4-7(3)14-9(8)5-12-15(10,11)16/h6-9H,4-5H2,1-3H3,(H2,10,11,16)/t7-,8+,9+/m0/s1. The van der Waals surface area contributed by atoms with Gasteiger partial charge >= 0.3 is 6.72 Å². The summed E-state index contributed by atoms with van der Waals surface area (Å²) in [6.07, 6.45) is 0.627. The molecule has 0 radical (unpaired) electrons. The molecule has 1 aliphatic rings. The molecule has 0 bridgehead atoms. The predicted molar refractivity (Wildman–Crippen MR) is 63.6 cm³/mol. The van der Waals surface area contributed by atoms with Crippen LogP contribution in [-0.2, 0) is 25.8 Å². The molecule has 2 N–H and O–H groups in total. The fraction of sp³-hybridized carbons (Fsp3) is 1.00. The Morgan fingerprint density at radius 2 is 2.12 bits per heavy atom. The molecule has 0 aromatic heterocycles. The van der Waals surface area contributed by atoms with Crippen molar-refractivity contribution in [2.24, 2.45) is 0 Å². The van der Waals surface area contributed by atoms with Gasteiger partial charge in [-0.15, -0.1) is 0 Å². The molecule has 1 heterocycles. The molecule has 16 heavy (non-hydrogen) atoms. The van der Waals surface area contributed by atoms with Gasteiger partial charge in [0.25, 0.3) is 0 Å². The SMILES string of the molecule is CC(C)O[C@@H]1C[C@H](C)O[C@@H]1COP(O)(O)=S. The van der Waals surface area contributed by atoms with E-state index in [1.165, 1.54) is 0 Å². The van der Waals surface area contributed by atoms with Crippen LogP contribution >= 0.6 is 6.72 Å². The van der Waals surface area contributed by atoms with Crippen LogP contribution in [0.3, 0.4) is 0 Å². The van der Waals surface area contributed by atoms with Crippen molar-refractivity contribution >= 4 is 18.5 Å². The molecule has 96 valence electrons. The first-order chi connectivity index (χ1) is 7.28. The van der Waals surface area contributed by atoms with Crippen LogP contribution in [0.15, 0.2) is 0 Å². The lowest BCUT2D eigenvalue weighted by molar-refractivity contribution is -0.0600. The normalized spacial score (nSPS) is 31.2. The quantitative estimate of drug-likeness (QED) is 0.731. The fourth-order valence-corrected chi connectivity index (χ4v) is 2.25. The molecule has 0 spiro atoms. The average Bonchev–Trinajstić information content (AvgIpc) is 2.40. The molecule has 1 saturated heterocycles. The molecular formula is C9H19O5PS. The van der Waals surface area contributed by atoms with Crippen molar-refractivity contribution in [3.63, 3.8) is 0 Å². The number of ether oxygens (including phenoxy) is 2. The molecule has 1 aliphatic heterocycles. The second kappa shape index (κ2) is 5.87. The van der Waals surface area contributed by atoms with Gasteiger partial charge < -0.3 is 23.8 Å². The van der Waals surface area contributed by atoms with Crippen LogP contribution in [-0.4, -0.2) is 40.8 Å². The molecule has 0 saturated carbocycles. The summed E-state index contributed by atoms with van der Waals surface area (Å²) < 4.78 is 16.0. The van der Waals surface area contributed by atoms with Crippen LogP contribution in [0.5, 0.6) is 0 Å². The van der Waals surface area contributed by atoms with Gasteiger partial charge in [0.15, 0.2) is 0 Å². The van der Waals surface area contributed by atoms with E-state index in [-0.39, 0.29) is 31.0 Å². The van der Waals surface area contributed by atoms with Gasteiger partial charge in [-0.3, -0.25) is 0 Å². The van der Waals surface area contributed by atoms with E-state index < -0.39 is 6.72 Å². The van der Waals surface area contributed by atoms with Crippen LogP contribution in [0.2, 0.25) is 0 Å². The monoisotopic (exact) mass is 270 g/mol. The lowest BCUT2D eigenvalue weighted by Gasteiger charge is -2.21. The number of hydrogen-bond donors (Lipinski definition) is 2. The fourth-order valence-electron chi connectivity index (χ4n) is 1.73. The van der Waals surface area contributed by atoms with Crippen LogP contribution < -0.4 is 0 Å². The summed E-state index contributed by atoms with van der Waals surface area (Å²) >= 11 is 4.38. The highest BCUT2D eigenvalue weighted by Crippen LogP contribution is 2.38.